The largest absolute Gasteiger partial charge is 0.297 e. The number of allylic oxidation sites excluding steroid dienone is 2. The number of hydrogen-bond donors (Lipinski definition) is 1. The second-order valence-corrected chi connectivity index (χ2v) is 3.42. The second kappa shape index (κ2) is 3.78. The molecule has 1 rings (SSSR count). The maximum Gasteiger partial charge on any atom is 0.208 e. The number of Topliss-reactive ketones (excluding diaryl/α,β-unsaturated/α-hetero) is 1. The van der Waals surface area contributed by atoms with Crippen molar-refractivity contribution in [3.8, 4) is 0 Å². The average molecular weight is 224 g/mol. The molecule has 0 spiro atoms. The standard InChI is InChI=1S/C8H8Cl2FNO/c9-4-6(13)5-2-1-3-7(10)8(5,11)12/h1-3,5H,4,12H2. The van der Waals surface area contributed by atoms with Gasteiger partial charge < -0.3 is 0 Å². The number of alkyl halides is 2. The molecule has 0 saturated carbocycles. The Morgan fingerprint density at radius 2 is 2.38 bits per heavy atom. The van der Waals surface area contributed by atoms with Crippen LogP contribution in [0.4, 0.5) is 4.39 Å². The summed E-state index contributed by atoms with van der Waals surface area (Å²) in [6, 6.07) is 0. The van der Waals surface area contributed by atoms with Gasteiger partial charge in [-0.15, -0.1) is 11.6 Å². The molecule has 2 atom stereocenters. The molecule has 0 aromatic rings. The Bertz CT molecular complexity index is 286. The van der Waals surface area contributed by atoms with Crippen molar-refractivity contribution in [1.29, 1.82) is 0 Å². The SMILES string of the molecule is NC1(F)C(Cl)=CC=CC1C(=O)CCl. The third kappa shape index (κ3) is 1.93. The highest BCUT2D eigenvalue weighted by atomic mass is 35.5. The minimum Gasteiger partial charge on any atom is -0.297 e. The first-order valence-electron chi connectivity index (χ1n) is 3.61. The van der Waals surface area contributed by atoms with E-state index in [1.54, 1.807) is 0 Å². The number of ketones is 1. The van der Waals surface area contributed by atoms with Crippen molar-refractivity contribution < 1.29 is 9.18 Å². The van der Waals surface area contributed by atoms with Crippen LogP contribution in [-0.2, 0) is 4.79 Å². The highest BCUT2D eigenvalue weighted by Crippen LogP contribution is 2.33. The van der Waals surface area contributed by atoms with Crippen LogP contribution in [0.3, 0.4) is 0 Å². The van der Waals surface area contributed by atoms with Crippen molar-refractivity contribution in [2.75, 3.05) is 5.88 Å². The van der Waals surface area contributed by atoms with Gasteiger partial charge >= 0.3 is 0 Å². The summed E-state index contributed by atoms with van der Waals surface area (Å²) in [4.78, 5) is 11.1. The van der Waals surface area contributed by atoms with E-state index in [2.05, 4.69) is 0 Å². The highest BCUT2D eigenvalue weighted by molar-refractivity contribution is 6.32. The van der Waals surface area contributed by atoms with Gasteiger partial charge in [0.25, 0.3) is 0 Å². The van der Waals surface area contributed by atoms with Crippen LogP contribution in [-0.4, -0.2) is 17.5 Å². The van der Waals surface area contributed by atoms with Gasteiger partial charge in [0, 0.05) is 0 Å². The van der Waals surface area contributed by atoms with E-state index < -0.39 is 17.5 Å². The predicted octanol–water partition coefficient (Wildman–Crippen LogP) is 1.73. The molecule has 13 heavy (non-hydrogen) atoms. The molecule has 0 radical (unpaired) electrons. The van der Waals surface area contributed by atoms with Gasteiger partial charge in [0.05, 0.1) is 16.8 Å². The summed E-state index contributed by atoms with van der Waals surface area (Å²) in [7, 11) is 0. The smallest absolute Gasteiger partial charge is 0.208 e. The lowest BCUT2D eigenvalue weighted by Crippen LogP contribution is -2.47. The van der Waals surface area contributed by atoms with Crippen LogP contribution >= 0.6 is 23.2 Å². The number of carbonyl (C=O) groups excluding carboxylic acids is 1. The summed E-state index contributed by atoms with van der Waals surface area (Å²) in [5.74, 6) is -4.15. The lowest BCUT2D eigenvalue weighted by Gasteiger charge is -2.28. The molecule has 0 aromatic heterocycles. The van der Waals surface area contributed by atoms with Crippen molar-refractivity contribution in [3.05, 3.63) is 23.3 Å². The summed E-state index contributed by atoms with van der Waals surface area (Å²) in [5, 5.41) is -0.182. The fourth-order valence-corrected chi connectivity index (χ4v) is 1.45. The molecular weight excluding hydrogens is 216 g/mol. The molecule has 0 amide bonds. The topological polar surface area (TPSA) is 43.1 Å². The summed E-state index contributed by atoms with van der Waals surface area (Å²) < 4.78 is 13.6. The van der Waals surface area contributed by atoms with E-state index in [1.807, 2.05) is 0 Å². The van der Waals surface area contributed by atoms with Gasteiger partial charge in [-0.2, -0.15) is 0 Å². The molecule has 0 aromatic carbocycles. The van der Waals surface area contributed by atoms with Crippen LogP contribution in [0.1, 0.15) is 0 Å². The van der Waals surface area contributed by atoms with Crippen LogP contribution in [0.25, 0.3) is 0 Å². The Balaban J connectivity index is 2.96. The van der Waals surface area contributed by atoms with Crippen LogP contribution in [0, 0.1) is 5.92 Å². The molecule has 0 saturated heterocycles. The third-order valence-electron chi connectivity index (χ3n) is 1.84. The molecule has 2 unspecified atom stereocenters. The van der Waals surface area contributed by atoms with E-state index >= 15 is 0 Å². The number of carbonyl (C=O) groups is 1. The first kappa shape index (κ1) is 10.7. The van der Waals surface area contributed by atoms with E-state index in [-0.39, 0.29) is 10.9 Å². The van der Waals surface area contributed by atoms with Gasteiger partial charge in [-0.25, -0.2) is 4.39 Å². The fraction of sp³-hybridized carbons (Fsp3) is 0.375. The minimum absolute atomic E-state index is 0.182. The molecule has 0 fully saturated rings. The van der Waals surface area contributed by atoms with Crippen LogP contribution in [0.2, 0.25) is 0 Å². The van der Waals surface area contributed by atoms with Crippen molar-refractivity contribution in [2.45, 2.75) is 5.79 Å². The van der Waals surface area contributed by atoms with Crippen LogP contribution in [0.15, 0.2) is 23.3 Å². The fourth-order valence-electron chi connectivity index (χ4n) is 1.09. The Morgan fingerprint density at radius 3 is 2.92 bits per heavy atom. The number of rotatable bonds is 2. The Hall–Kier alpha value is -0.380. The van der Waals surface area contributed by atoms with Crippen molar-refractivity contribution >= 4 is 29.0 Å². The maximum atomic E-state index is 13.6. The predicted molar refractivity (Wildman–Crippen MR) is 50.3 cm³/mol. The molecule has 0 aliphatic heterocycles. The Kier molecular flexibility index (Phi) is 3.11. The minimum atomic E-state index is -2.32. The van der Waals surface area contributed by atoms with Crippen LogP contribution < -0.4 is 5.73 Å². The van der Waals surface area contributed by atoms with Crippen molar-refractivity contribution in [1.82, 2.24) is 0 Å². The third-order valence-corrected chi connectivity index (χ3v) is 2.52. The average Bonchev–Trinajstić information content (AvgIpc) is 2.08. The zero-order valence-corrected chi connectivity index (χ0v) is 8.15. The van der Waals surface area contributed by atoms with E-state index in [0.717, 1.165) is 0 Å². The highest BCUT2D eigenvalue weighted by Gasteiger charge is 2.42. The van der Waals surface area contributed by atoms with Crippen molar-refractivity contribution in [2.24, 2.45) is 11.7 Å². The molecular formula is C8H8Cl2FNO. The summed E-state index contributed by atoms with van der Waals surface area (Å²) >= 11 is 10.8. The molecule has 2 N–H and O–H groups in total. The molecule has 0 heterocycles. The van der Waals surface area contributed by atoms with E-state index in [1.165, 1.54) is 18.2 Å². The van der Waals surface area contributed by atoms with E-state index in [0.29, 0.717) is 0 Å². The van der Waals surface area contributed by atoms with Gasteiger partial charge in [0.2, 0.25) is 5.79 Å². The molecule has 2 nitrogen and oxygen atoms in total. The molecule has 72 valence electrons. The summed E-state index contributed by atoms with van der Waals surface area (Å²) in [6.07, 6.45) is 4.16. The van der Waals surface area contributed by atoms with Crippen molar-refractivity contribution in [3.63, 3.8) is 0 Å². The second-order valence-electron chi connectivity index (χ2n) is 2.75. The lowest BCUT2D eigenvalue weighted by atomic mass is 9.90. The quantitative estimate of drug-likeness (QED) is 0.573. The summed E-state index contributed by atoms with van der Waals surface area (Å²) in [6.45, 7) is 0. The molecule has 1 aliphatic rings. The lowest BCUT2D eigenvalue weighted by molar-refractivity contribution is -0.122. The zero-order chi connectivity index (χ0) is 10.1. The van der Waals surface area contributed by atoms with E-state index in [9.17, 15) is 9.18 Å². The molecule has 1 aliphatic carbocycles. The van der Waals surface area contributed by atoms with Crippen LogP contribution in [0.5, 0.6) is 0 Å². The molecule has 5 heteroatoms. The van der Waals surface area contributed by atoms with Gasteiger partial charge in [-0.05, 0) is 6.08 Å². The monoisotopic (exact) mass is 223 g/mol. The number of halogens is 3. The number of hydrogen-bond acceptors (Lipinski definition) is 2. The first-order valence-corrected chi connectivity index (χ1v) is 4.52. The molecule has 0 bridgehead atoms. The van der Waals surface area contributed by atoms with Gasteiger partial charge in [-0.3, -0.25) is 10.5 Å². The summed E-state index contributed by atoms with van der Waals surface area (Å²) in [5.41, 5.74) is 5.24. The van der Waals surface area contributed by atoms with Gasteiger partial charge in [0.1, 0.15) is 0 Å². The van der Waals surface area contributed by atoms with E-state index in [4.69, 9.17) is 28.9 Å². The Morgan fingerprint density at radius 1 is 1.77 bits per heavy atom. The maximum absolute atomic E-state index is 13.6. The Labute approximate surface area is 85.2 Å². The van der Waals surface area contributed by atoms with Gasteiger partial charge in [0.15, 0.2) is 5.78 Å². The first-order chi connectivity index (χ1) is 6.00. The zero-order valence-electron chi connectivity index (χ0n) is 6.64. The number of nitrogens with two attached hydrogens (primary N) is 1. The normalized spacial score (nSPS) is 32.9. The van der Waals surface area contributed by atoms with Gasteiger partial charge in [-0.1, -0.05) is 23.8 Å².